The first-order valence-electron chi connectivity index (χ1n) is 13.9. The third kappa shape index (κ3) is 3.94. The zero-order valence-corrected chi connectivity index (χ0v) is 23.4. The largest absolute Gasteiger partial charge is 0.507 e. The van der Waals surface area contributed by atoms with Crippen molar-refractivity contribution in [1.82, 2.24) is 4.90 Å². The van der Waals surface area contributed by atoms with Crippen LogP contribution in [0.2, 0.25) is 0 Å². The highest BCUT2D eigenvalue weighted by Crippen LogP contribution is 2.53. The van der Waals surface area contributed by atoms with Gasteiger partial charge in [0.2, 0.25) is 5.91 Å². The molecule has 6 rings (SSSR count). The molecule has 3 aromatic rings. The number of aromatic hydroxyl groups is 1. The first-order valence-corrected chi connectivity index (χ1v) is 13.9. The van der Waals surface area contributed by atoms with E-state index in [0.717, 1.165) is 5.56 Å². The van der Waals surface area contributed by atoms with Crippen LogP contribution in [0.25, 0.3) is 22.3 Å². The minimum atomic E-state index is -3.04. The van der Waals surface area contributed by atoms with Gasteiger partial charge in [0.05, 0.1) is 29.5 Å². The van der Waals surface area contributed by atoms with Gasteiger partial charge in [-0.15, -0.1) is 0 Å². The van der Waals surface area contributed by atoms with Crippen molar-refractivity contribution in [2.24, 2.45) is 29.4 Å². The maximum atomic E-state index is 14.3. The van der Waals surface area contributed by atoms with Crippen LogP contribution in [-0.2, 0) is 25.6 Å². The second-order valence-corrected chi connectivity index (χ2v) is 11.8. The number of benzene rings is 3. The van der Waals surface area contributed by atoms with E-state index in [-0.39, 0.29) is 17.7 Å². The molecule has 3 aliphatic rings. The Kier molecular flexibility index (Phi) is 6.68. The molecule has 5 N–H and O–H groups in total. The Hall–Kier alpha value is -4.51. The fourth-order valence-corrected chi connectivity index (χ4v) is 7.40. The van der Waals surface area contributed by atoms with Crippen LogP contribution >= 0.6 is 0 Å². The molecule has 0 aromatic heterocycles. The standard InChI is InChI=1S/C33H30N2O8/c1-35(2)25-24-27(37)20-14-19-17(15-9-5-3-6-10-15)13-18(16-11-7-4-8-12-16)26(36)21(19)28(38)22(20)30(40)33(24,43)31(41)23(29(25)39)32(34)42/h3-13,20,22-25,27,36-37,43H,14H2,1-2H3,(H2,34,42)/t20-,22?,23?,24-,25+,27+,33+/m1/s1. The number of amides is 1. The summed E-state index contributed by atoms with van der Waals surface area (Å²) >= 11 is 0. The van der Waals surface area contributed by atoms with Crippen molar-refractivity contribution < 1.29 is 39.3 Å². The Morgan fingerprint density at radius 3 is 2.00 bits per heavy atom. The maximum absolute atomic E-state index is 14.3. The molecule has 0 spiro atoms. The van der Waals surface area contributed by atoms with Crippen LogP contribution in [0.5, 0.6) is 5.75 Å². The van der Waals surface area contributed by atoms with Gasteiger partial charge in [-0.05, 0) is 48.8 Å². The molecule has 3 aromatic carbocycles. The van der Waals surface area contributed by atoms with Gasteiger partial charge in [0.15, 0.2) is 34.7 Å². The highest BCUT2D eigenvalue weighted by molar-refractivity contribution is 6.32. The number of fused-ring (bicyclic) bond motifs is 3. The van der Waals surface area contributed by atoms with Gasteiger partial charge in [-0.25, -0.2) is 0 Å². The number of carbonyl (C=O) groups excluding carboxylic acids is 5. The van der Waals surface area contributed by atoms with E-state index in [1.165, 1.54) is 19.0 Å². The number of carbonyl (C=O) groups is 5. The first-order chi connectivity index (χ1) is 20.4. The van der Waals surface area contributed by atoms with E-state index in [0.29, 0.717) is 22.3 Å². The molecular formula is C33H30N2O8. The number of ketones is 4. The topological polar surface area (TPSA) is 175 Å². The molecule has 2 fully saturated rings. The highest BCUT2D eigenvalue weighted by atomic mass is 16.3. The number of aliphatic hydroxyl groups excluding tert-OH is 1. The zero-order chi connectivity index (χ0) is 31.0. The van der Waals surface area contributed by atoms with Gasteiger partial charge in [0.25, 0.3) is 0 Å². The number of hydrogen-bond acceptors (Lipinski definition) is 9. The predicted octanol–water partition coefficient (Wildman–Crippen LogP) is 1.17. The van der Waals surface area contributed by atoms with E-state index in [4.69, 9.17) is 5.73 Å². The van der Waals surface area contributed by atoms with Crippen LogP contribution in [0, 0.1) is 23.7 Å². The summed E-state index contributed by atoms with van der Waals surface area (Å²) in [6.45, 7) is 0. The van der Waals surface area contributed by atoms with Gasteiger partial charge >= 0.3 is 0 Å². The molecule has 220 valence electrons. The summed E-state index contributed by atoms with van der Waals surface area (Å²) in [4.78, 5) is 69.0. The number of likely N-dealkylation sites (N-methyl/N-ethyl adjacent to an activating group) is 1. The van der Waals surface area contributed by atoms with Crippen molar-refractivity contribution in [1.29, 1.82) is 0 Å². The van der Waals surface area contributed by atoms with Crippen molar-refractivity contribution in [3.05, 3.63) is 77.9 Å². The van der Waals surface area contributed by atoms with Crippen molar-refractivity contribution >= 4 is 29.0 Å². The lowest BCUT2D eigenvalue weighted by molar-refractivity contribution is -0.195. The molecule has 0 heterocycles. The summed E-state index contributed by atoms with van der Waals surface area (Å²) in [6, 6.07) is 18.4. The normalized spacial score (nSPS) is 30.1. The van der Waals surface area contributed by atoms with Crippen molar-refractivity contribution in [2.75, 3.05) is 14.1 Å². The molecule has 2 saturated carbocycles. The summed E-state index contributed by atoms with van der Waals surface area (Å²) < 4.78 is 0. The van der Waals surface area contributed by atoms with Gasteiger partial charge in [0.1, 0.15) is 5.75 Å². The molecule has 0 radical (unpaired) electrons. The van der Waals surface area contributed by atoms with Crippen molar-refractivity contribution in [2.45, 2.75) is 24.2 Å². The fourth-order valence-electron chi connectivity index (χ4n) is 7.40. The Bertz CT molecular complexity index is 1700. The molecule has 0 aliphatic heterocycles. The monoisotopic (exact) mass is 582 g/mol. The van der Waals surface area contributed by atoms with Gasteiger partial charge in [-0.2, -0.15) is 0 Å². The van der Waals surface area contributed by atoms with Crippen LogP contribution in [0.1, 0.15) is 15.9 Å². The smallest absolute Gasteiger partial charge is 0.235 e. The van der Waals surface area contributed by atoms with Crippen LogP contribution in [0.15, 0.2) is 66.7 Å². The highest BCUT2D eigenvalue weighted by Gasteiger charge is 2.72. The number of rotatable bonds is 4. The number of aliphatic hydroxyl groups is 2. The molecule has 7 atom stereocenters. The summed E-state index contributed by atoms with van der Waals surface area (Å²) in [7, 11) is 2.91. The lowest BCUT2D eigenvalue weighted by Crippen LogP contribution is -2.77. The minimum Gasteiger partial charge on any atom is -0.507 e. The summed E-state index contributed by atoms with van der Waals surface area (Å²) in [5, 5.41) is 35.2. The summed E-state index contributed by atoms with van der Waals surface area (Å²) in [5.41, 5.74) is 4.88. The first kappa shape index (κ1) is 28.6. The third-order valence-corrected chi connectivity index (χ3v) is 9.32. The fraction of sp³-hybridized carbons (Fsp3) is 0.303. The molecule has 0 saturated heterocycles. The van der Waals surface area contributed by atoms with Gasteiger partial charge in [-0.3, -0.25) is 28.9 Å². The minimum absolute atomic E-state index is 0.0696. The maximum Gasteiger partial charge on any atom is 0.235 e. The lowest BCUT2D eigenvalue weighted by Gasteiger charge is -2.54. The molecule has 0 bridgehead atoms. The Balaban J connectivity index is 1.59. The molecule has 1 amide bonds. The number of nitrogens with zero attached hydrogens (tertiary/aromatic N) is 1. The van der Waals surface area contributed by atoms with Gasteiger partial charge in [0, 0.05) is 11.5 Å². The van der Waals surface area contributed by atoms with Crippen LogP contribution in [0.3, 0.4) is 0 Å². The summed E-state index contributed by atoms with van der Waals surface area (Å²) in [5.74, 6) is -12.8. The molecule has 2 unspecified atom stereocenters. The van der Waals surface area contributed by atoms with Gasteiger partial charge < -0.3 is 21.1 Å². The Morgan fingerprint density at radius 1 is 0.907 bits per heavy atom. The zero-order valence-electron chi connectivity index (χ0n) is 23.4. The number of primary amides is 1. The molecule has 10 heteroatoms. The van der Waals surface area contributed by atoms with Crippen molar-refractivity contribution in [3.8, 4) is 28.0 Å². The average Bonchev–Trinajstić information content (AvgIpc) is 2.98. The van der Waals surface area contributed by atoms with E-state index < -0.39 is 70.5 Å². The van der Waals surface area contributed by atoms with E-state index in [9.17, 15) is 39.3 Å². The second kappa shape index (κ2) is 10.0. The number of phenolic OH excluding ortho intramolecular Hbond substituents is 1. The number of hydrogen-bond donors (Lipinski definition) is 4. The number of nitrogens with two attached hydrogens (primary N) is 1. The molecule has 43 heavy (non-hydrogen) atoms. The third-order valence-electron chi connectivity index (χ3n) is 9.32. The SMILES string of the molecule is CN(C)[C@@H]1C(=O)C(C(N)=O)C(=O)[C@@]2(O)C(=O)C3C(=O)c4c(O)c(-c5ccccc5)cc(-c5ccccc5)c4C[C@H]3[C@H](O)[C@@H]12. The van der Waals surface area contributed by atoms with Crippen molar-refractivity contribution in [3.63, 3.8) is 0 Å². The average molecular weight is 583 g/mol. The predicted molar refractivity (Wildman–Crippen MR) is 154 cm³/mol. The van der Waals surface area contributed by atoms with Crippen LogP contribution in [0.4, 0.5) is 0 Å². The van der Waals surface area contributed by atoms with E-state index >= 15 is 0 Å². The van der Waals surface area contributed by atoms with Crippen LogP contribution in [-0.4, -0.2) is 81.1 Å². The second-order valence-electron chi connectivity index (χ2n) is 11.8. The Morgan fingerprint density at radius 2 is 1.47 bits per heavy atom. The van der Waals surface area contributed by atoms with E-state index in [2.05, 4.69) is 0 Å². The molecule has 3 aliphatic carbocycles. The van der Waals surface area contributed by atoms with E-state index in [1.807, 2.05) is 30.3 Å². The number of Topliss-reactive ketones (excluding diaryl/α,β-unsaturated/α-hetero) is 4. The quantitative estimate of drug-likeness (QED) is 0.329. The molecular weight excluding hydrogens is 552 g/mol. The Labute approximate surface area is 246 Å². The lowest BCUT2D eigenvalue weighted by atomic mass is 9.51. The van der Waals surface area contributed by atoms with Gasteiger partial charge in [-0.1, -0.05) is 60.7 Å². The summed E-state index contributed by atoms with van der Waals surface area (Å²) in [6.07, 6.45) is -1.75. The van der Waals surface area contributed by atoms with E-state index in [1.54, 1.807) is 36.4 Å². The molecule has 10 nitrogen and oxygen atoms in total. The number of phenols is 1. The van der Waals surface area contributed by atoms with Crippen LogP contribution < -0.4 is 5.73 Å².